The predicted octanol–water partition coefficient (Wildman–Crippen LogP) is 3.10. The molecule has 4 heteroatoms. The maximum Gasteiger partial charge on any atom is 0.313 e. The second-order valence-corrected chi connectivity index (χ2v) is 5.19. The Morgan fingerprint density at radius 1 is 1.29 bits per heavy atom. The molecule has 0 bridgehead atoms. The number of aryl methyl sites for hydroxylation is 2. The minimum absolute atomic E-state index is 0.146. The summed E-state index contributed by atoms with van der Waals surface area (Å²) in [6.45, 7) is 4.19. The number of carboxylic acid groups (broad SMARTS) is 1. The van der Waals surface area contributed by atoms with Gasteiger partial charge in [-0.1, -0.05) is 0 Å². The van der Waals surface area contributed by atoms with Crippen LogP contribution in [0.4, 0.5) is 0 Å². The van der Waals surface area contributed by atoms with E-state index < -0.39 is 5.97 Å². The van der Waals surface area contributed by atoms with Gasteiger partial charge in [-0.2, -0.15) is 0 Å². The van der Waals surface area contributed by atoms with Gasteiger partial charge in [0.05, 0.1) is 5.75 Å². The summed E-state index contributed by atoms with van der Waals surface area (Å²) < 4.78 is 0. The number of hydrogen-bond acceptors (Lipinski definition) is 2. The monoisotopic (exact) mass is 249 g/mol. The molecule has 0 aliphatic rings. The Kier molecular flexibility index (Phi) is 3.43. The van der Waals surface area contributed by atoms with E-state index in [0.717, 1.165) is 11.2 Å². The standard InChI is InChI=1S/C13H15NO2S/c1-8-3-10-5-11(6-17-7-13(15)16)14-12(10)4-9(8)2/h3-5,14H,6-7H2,1-2H3,(H,15,16). The number of benzene rings is 1. The Morgan fingerprint density at radius 3 is 2.71 bits per heavy atom. The molecule has 3 nitrogen and oxygen atoms in total. The summed E-state index contributed by atoms with van der Waals surface area (Å²) in [7, 11) is 0. The number of rotatable bonds is 4. The van der Waals surface area contributed by atoms with Crippen LogP contribution in [0.5, 0.6) is 0 Å². The molecule has 1 aromatic heterocycles. The summed E-state index contributed by atoms with van der Waals surface area (Å²) >= 11 is 1.41. The number of carboxylic acids is 1. The van der Waals surface area contributed by atoms with Gasteiger partial charge in [0.2, 0.25) is 0 Å². The van der Waals surface area contributed by atoms with E-state index in [-0.39, 0.29) is 5.75 Å². The summed E-state index contributed by atoms with van der Waals surface area (Å²) in [5.41, 5.74) is 4.75. The van der Waals surface area contributed by atoms with E-state index in [9.17, 15) is 4.79 Å². The number of H-pyrrole nitrogens is 1. The van der Waals surface area contributed by atoms with Crippen LogP contribution in [-0.2, 0) is 10.5 Å². The van der Waals surface area contributed by atoms with Crippen molar-refractivity contribution in [2.75, 3.05) is 5.75 Å². The molecule has 17 heavy (non-hydrogen) atoms. The zero-order chi connectivity index (χ0) is 12.4. The Bertz CT molecular complexity index is 521. The van der Waals surface area contributed by atoms with E-state index in [1.807, 2.05) is 0 Å². The normalized spacial score (nSPS) is 10.9. The van der Waals surface area contributed by atoms with Crippen LogP contribution in [-0.4, -0.2) is 21.8 Å². The maximum atomic E-state index is 10.4. The lowest BCUT2D eigenvalue weighted by molar-refractivity contribution is -0.133. The highest BCUT2D eigenvalue weighted by atomic mass is 32.2. The van der Waals surface area contributed by atoms with Crippen LogP contribution in [0, 0.1) is 13.8 Å². The highest BCUT2D eigenvalue weighted by molar-refractivity contribution is 7.99. The van der Waals surface area contributed by atoms with Gasteiger partial charge in [-0.15, -0.1) is 11.8 Å². The number of hydrogen-bond donors (Lipinski definition) is 2. The predicted molar refractivity (Wildman–Crippen MR) is 71.6 cm³/mol. The van der Waals surface area contributed by atoms with Crippen molar-refractivity contribution in [2.24, 2.45) is 0 Å². The molecule has 0 amide bonds. The molecule has 1 heterocycles. The molecular weight excluding hydrogens is 234 g/mol. The van der Waals surface area contributed by atoms with Crippen LogP contribution < -0.4 is 0 Å². The zero-order valence-corrected chi connectivity index (χ0v) is 10.7. The smallest absolute Gasteiger partial charge is 0.313 e. The molecular formula is C13H15NO2S. The van der Waals surface area contributed by atoms with E-state index in [2.05, 4.69) is 37.0 Å². The summed E-state index contributed by atoms with van der Waals surface area (Å²) in [5.74, 6) is 0.0877. The van der Waals surface area contributed by atoms with Crippen LogP contribution >= 0.6 is 11.8 Å². The topological polar surface area (TPSA) is 53.1 Å². The molecule has 0 saturated heterocycles. The van der Waals surface area contributed by atoms with Crippen molar-refractivity contribution in [3.8, 4) is 0 Å². The van der Waals surface area contributed by atoms with Gasteiger partial charge in [-0.25, -0.2) is 0 Å². The average molecular weight is 249 g/mol. The number of fused-ring (bicyclic) bond motifs is 1. The molecule has 90 valence electrons. The fourth-order valence-corrected chi connectivity index (χ4v) is 2.44. The first-order valence-electron chi connectivity index (χ1n) is 5.44. The Labute approximate surface area is 104 Å². The van der Waals surface area contributed by atoms with E-state index in [1.165, 1.54) is 28.3 Å². The van der Waals surface area contributed by atoms with Gasteiger partial charge in [-0.3, -0.25) is 4.79 Å². The number of nitrogens with one attached hydrogen (secondary N) is 1. The number of aromatic amines is 1. The van der Waals surface area contributed by atoms with Crippen molar-refractivity contribution < 1.29 is 9.90 Å². The molecule has 1 aromatic carbocycles. The van der Waals surface area contributed by atoms with Gasteiger partial charge in [0.15, 0.2) is 0 Å². The highest BCUT2D eigenvalue weighted by Gasteiger charge is 2.04. The molecule has 0 saturated carbocycles. The van der Waals surface area contributed by atoms with Crippen molar-refractivity contribution in [1.29, 1.82) is 0 Å². The van der Waals surface area contributed by atoms with Crippen LogP contribution in [0.3, 0.4) is 0 Å². The molecule has 0 unspecified atom stereocenters. The fraction of sp³-hybridized carbons (Fsp3) is 0.308. The molecule has 0 radical (unpaired) electrons. The highest BCUT2D eigenvalue weighted by Crippen LogP contribution is 2.22. The minimum Gasteiger partial charge on any atom is -0.481 e. The first kappa shape index (κ1) is 12.0. The van der Waals surface area contributed by atoms with Gasteiger partial charge >= 0.3 is 5.97 Å². The SMILES string of the molecule is Cc1cc2cc(CSCC(=O)O)[nH]c2cc1C. The number of aromatic nitrogens is 1. The molecule has 2 aromatic rings. The molecule has 0 atom stereocenters. The fourth-order valence-electron chi connectivity index (χ4n) is 1.79. The Balaban J connectivity index is 2.17. The number of carbonyl (C=O) groups is 1. The molecule has 2 rings (SSSR count). The van der Waals surface area contributed by atoms with Crippen molar-refractivity contribution in [3.63, 3.8) is 0 Å². The Morgan fingerprint density at radius 2 is 2.00 bits per heavy atom. The Hall–Kier alpha value is -1.42. The summed E-state index contributed by atoms with van der Waals surface area (Å²) in [5, 5.41) is 9.77. The lowest BCUT2D eigenvalue weighted by atomic mass is 10.1. The van der Waals surface area contributed by atoms with Crippen molar-refractivity contribution in [1.82, 2.24) is 4.98 Å². The van der Waals surface area contributed by atoms with Gasteiger partial charge in [0.25, 0.3) is 0 Å². The maximum absolute atomic E-state index is 10.4. The minimum atomic E-state index is -0.766. The quantitative estimate of drug-likeness (QED) is 0.875. The third-order valence-electron chi connectivity index (χ3n) is 2.77. The first-order chi connectivity index (χ1) is 8.06. The van der Waals surface area contributed by atoms with E-state index in [4.69, 9.17) is 5.11 Å². The number of aliphatic carboxylic acids is 1. The zero-order valence-electron chi connectivity index (χ0n) is 9.91. The molecule has 2 N–H and O–H groups in total. The van der Waals surface area contributed by atoms with Gasteiger partial charge in [-0.05, 0) is 48.6 Å². The lowest BCUT2D eigenvalue weighted by Gasteiger charge is -1.98. The van der Waals surface area contributed by atoms with E-state index >= 15 is 0 Å². The van der Waals surface area contributed by atoms with Gasteiger partial charge in [0.1, 0.15) is 0 Å². The summed E-state index contributed by atoms with van der Waals surface area (Å²) in [6.07, 6.45) is 0. The van der Waals surface area contributed by atoms with Crippen LogP contribution in [0.15, 0.2) is 18.2 Å². The summed E-state index contributed by atoms with van der Waals surface area (Å²) in [6, 6.07) is 6.39. The van der Waals surface area contributed by atoms with Crippen molar-refractivity contribution >= 4 is 28.6 Å². The van der Waals surface area contributed by atoms with Gasteiger partial charge < -0.3 is 10.1 Å². The number of thioether (sulfide) groups is 1. The van der Waals surface area contributed by atoms with Crippen molar-refractivity contribution in [2.45, 2.75) is 19.6 Å². The van der Waals surface area contributed by atoms with E-state index in [0.29, 0.717) is 5.75 Å². The van der Waals surface area contributed by atoms with E-state index in [1.54, 1.807) is 0 Å². The van der Waals surface area contributed by atoms with Gasteiger partial charge in [0, 0.05) is 17.0 Å². The average Bonchev–Trinajstić information content (AvgIpc) is 2.60. The lowest BCUT2D eigenvalue weighted by Crippen LogP contribution is -1.98. The molecule has 0 fully saturated rings. The van der Waals surface area contributed by atoms with Crippen molar-refractivity contribution in [3.05, 3.63) is 35.0 Å². The third-order valence-corrected chi connectivity index (χ3v) is 3.74. The van der Waals surface area contributed by atoms with Crippen LogP contribution in [0.2, 0.25) is 0 Å². The molecule has 0 spiro atoms. The largest absolute Gasteiger partial charge is 0.481 e. The van der Waals surface area contributed by atoms with Crippen LogP contribution in [0.25, 0.3) is 10.9 Å². The third kappa shape index (κ3) is 2.82. The second-order valence-electron chi connectivity index (χ2n) is 4.20. The first-order valence-corrected chi connectivity index (χ1v) is 6.60. The van der Waals surface area contributed by atoms with Crippen LogP contribution in [0.1, 0.15) is 16.8 Å². The molecule has 0 aliphatic carbocycles. The second kappa shape index (κ2) is 4.84. The molecule has 0 aliphatic heterocycles. The summed E-state index contributed by atoms with van der Waals surface area (Å²) in [4.78, 5) is 13.7.